The van der Waals surface area contributed by atoms with Gasteiger partial charge in [0.05, 0.1) is 5.92 Å². The van der Waals surface area contributed by atoms with Gasteiger partial charge in [-0.1, -0.05) is 29.3 Å². The average molecular weight is 472 g/mol. The molecule has 1 aliphatic rings. The number of anilines is 2. The Balaban J connectivity index is 1.56. The van der Waals surface area contributed by atoms with Crippen LogP contribution in [-0.4, -0.2) is 35.7 Å². The summed E-state index contributed by atoms with van der Waals surface area (Å²) in [5, 5.41) is 5.72. The van der Waals surface area contributed by atoms with Crippen LogP contribution >= 0.6 is 15.9 Å². The topological polar surface area (TPSA) is 78.5 Å². The third-order valence-corrected chi connectivity index (χ3v) is 6.09. The summed E-state index contributed by atoms with van der Waals surface area (Å²) in [6.07, 6.45) is 2.22. The molecule has 30 heavy (non-hydrogen) atoms. The van der Waals surface area contributed by atoms with Crippen molar-refractivity contribution in [1.29, 1.82) is 0 Å². The predicted molar refractivity (Wildman–Crippen MR) is 121 cm³/mol. The molecule has 3 rings (SSSR count). The number of hydrogen-bond acceptors (Lipinski definition) is 3. The Bertz CT molecular complexity index is 943. The van der Waals surface area contributed by atoms with Gasteiger partial charge in [0.15, 0.2) is 0 Å². The third kappa shape index (κ3) is 5.48. The van der Waals surface area contributed by atoms with Gasteiger partial charge in [-0.15, -0.1) is 0 Å². The molecule has 0 bridgehead atoms. The van der Waals surface area contributed by atoms with Crippen LogP contribution in [0, 0.1) is 12.8 Å². The van der Waals surface area contributed by atoms with E-state index in [1.54, 1.807) is 29.2 Å². The Hall–Kier alpha value is -2.67. The third-order valence-electron chi connectivity index (χ3n) is 5.20. The number of carbonyl (C=O) groups excluding carboxylic acids is 3. The van der Waals surface area contributed by atoms with Crippen molar-refractivity contribution in [3.8, 4) is 0 Å². The molecular formula is C23H26BrN3O3. The molecule has 7 heteroatoms. The van der Waals surface area contributed by atoms with E-state index >= 15 is 0 Å². The van der Waals surface area contributed by atoms with E-state index in [9.17, 15) is 14.4 Å². The number of hydrogen-bond donors (Lipinski definition) is 2. The van der Waals surface area contributed by atoms with Crippen molar-refractivity contribution in [2.75, 3.05) is 23.7 Å². The Morgan fingerprint density at radius 1 is 1.10 bits per heavy atom. The summed E-state index contributed by atoms with van der Waals surface area (Å²) in [5.74, 6) is -0.677. The number of nitrogens with zero attached hydrogens (tertiary/aromatic N) is 1. The smallest absolute Gasteiger partial charge is 0.255 e. The van der Waals surface area contributed by atoms with Gasteiger partial charge in [-0.25, -0.2) is 0 Å². The highest BCUT2D eigenvalue weighted by atomic mass is 79.9. The van der Waals surface area contributed by atoms with Crippen molar-refractivity contribution in [3.05, 3.63) is 58.1 Å². The Kier molecular flexibility index (Phi) is 7.26. The van der Waals surface area contributed by atoms with Crippen LogP contribution < -0.4 is 10.6 Å². The molecule has 2 N–H and O–H groups in total. The minimum absolute atomic E-state index is 0.0406. The van der Waals surface area contributed by atoms with Crippen molar-refractivity contribution in [3.63, 3.8) is 0 Å². The van der Waals surface area contributed by atoms with Crippen molar-refractivity contribution in [1.82, 2.24) is 4.90 Å². The molecular weight excluding hydrogens is 446 g/mol. The van der Waals surface area contributed by atoms with Gasteiger partial charge < -0.3 is 15.5 Å². The lowest BCUT2D eigenvalue weighted by Crippen LogP contribution is -2.29. The molecule has 158 valence electrons. The fraction of sp³-hybridized carbons (Fsp3) is 0.348. The van der Waals surface area contributed by atoms with Gasteiger partial charge >= 0.3 is 0 Å². The SMILES string of the molecule is CCCCN1C[C@@H](C(=O)Nc2ccc(C(=O)Nc3ccc(Br)c(C)c3)cc2)CC1=O. The van der Waals surface area contributed by atoms with Crippen LogP contribution in [0.4, 0.5) is 11.4 Å². The summed E-state index contributed by atoms with van der Waals surface area (Å²) in [6.45, 7) is 5.21. The van der Waals surface area contributed by atoms with Crippen LogP contribution in [0.25, 0.3) is 0 Å². The van der Waals surface area contributed by atoms with E-state index in [0.29, 0.717) is 24.3 Å². The summed E-state index contributed by atoms with van der Waals surface area (Å²) < 4.78 is 0.984. The number of rotatable bonds is 7. The van der Waals surface area contributed by atoms with Gasteiger partial charge in [-0.2, -0.15) is 0 Å². The van der Waals surface area contributed by atoms with Gasteiger partial charge in [-0.3, -0.25) is 14.4 Å². The maximum Gasteiger partial charge on any atom is 0.255 e. The second-order valence-electron chi connectivity index (χ2n) is 7.58. The van der Waals surface area contributed by atoms with E-state index in [-0.39, 0.29) is 30.1 Å². The number of aryl methyl sites for hydroxylation is 1. The number of benzene rings is 2. The lowest BCUT2D eigenvalue weighted by atomic mass is 10.1. The highest BCUT2D eigenvalue weighted by Crippen LogP contribution is 2.22. The van der Waals surface area contributed by atoms with Crippen LogP contribution in [-0.2, 0) is 9.59 Å². The van der Waals surface area contributed by atoms with Crippen LogP contribution in [0.15, 0.2) is 46.9 Å². The fourth-order valence-electron chi connectivity index (χ4n) is 3.39. The molecule has 6 nitrogen and oxygen atoms in total. The summed E-state index contributed by atoms with van der Waals surface area (Å²) >= 11 is 3.44. The number of unbranched alkanes of at least 4 members (excludes halogenated alkanes) is 1. The van der Waals surface area contributed by atoms with Gasteiger partial charge in [-0.05, 0) is 61.4 Å². The maximum absolute atomic E-state index is 12.5. The molecule has 1 heterocycles. The lowest BCUT2D eigenvalue weighted by molar-refractivity contribution is -0.128. The highest BCUT2D eigenvalue weighted by Gasteiger charge is 2.33. The Morgan fingerprint density at radius 3 is 2.47 bits per heavy atom. The van der Waals surface area contributed by atoms with Crippen LogP contribution in [0.5, 0.6) is 0 Å². The van der Waals surface area contributed by atoms with Crippen LogP contribution in [0.2, 0.25) is 0 Å². The first-order valence-corrected chi connectivity index (χ1v) is 10.9. The van der Waals surface area contributed by atoms with Crippen molar-refractivity contribution in [2.24, 2.45) is 5.92 Å². The molecule has 0 radical (unpaired) electrons. The number of nitrogens with one attached hydrogen (secondary N) is 2. The lowest BCUT2D eigenvalue weighted by Gasteiger charge is -2.16. The zero-order valence-corrected chi connectivity index (χ0v) is 18.8. The molecule has 0 unspecified atom stereocenters. The van der Waals surface area contributed by atoms with Gasteiger partial charge in [0.1, 0.15) is 0 Å². The fourth-order valence-corrected chi connectivity index (χ4v) is 3.63. The largest absolute Gasteiger partial charge is 0.342 e. The minimum Gasteiger partial charge on any atom is -0.342 e. The van der Waals surface area contributed by atoms with E-state index in [0.717, 1.165) is 28.6 Å². The van der Waals surface area contributed by atoms with E-state index in [2.05, 4.69) is 33.5 Å². The molecule has 0 aromatic heterocycles. The van der Waals surface area contributed by atoms with Crippen LogP contribution in [0.3, 0.4) is 0 Å². The number of likely N-dealkylation sites (tertiary alicyclic amines) is 1. The van der Waals surface area contributed by atoms with Gasteiger partial charge in [0, 0.05) is 40.9 Å². The van der Waals surface area contributed by atoms with Gasteiger partial charge in [0.25, 0.3) is 5.91 Å². The minimum atomic E-state index is -0.335. The van der Waals surface area contributed by atoms with E-state index in [4.69, 9.17) is 0 Å². The monoisotopic (exact) mass is 471 g/mol. The second-order valence-corrected chi connectivity index (χ2v) is 8.43. The number of carbonyl (C=O) groups is 3. The maximum atomic E-state index is 12.5. The average Bonchev–Trinajstić information content (AvgIpc) is 3.10. The van der Waals surface area contributed by atoms with E-state index < -0.39 is 0 Å². The number of halogens is 1. The normalized spacial score (nSPS) is 15.9. The molecule has 0 saturated carbocycles. The van der Waals surface area contributed by atoms with E-state index in [1.807, 2.05) is 25.1 Å². The quantitative estimate of drug-likeness (QED) is 0.619. The predicted octanol–water partition coefficient (Wildman–Crippen LogP) is 4.60. The zero-order chi connectivity index (χ0) is 21.7. The van der Waals surface area contributed by atoms with E-state index in [1.165, 1.54) is 0 Å². The molecule has 2 aromatic carbocycles. The molecule has 1 saturated heterocycles. The number of amides is 3. The Morgan fingerprint density at radius 2 is 1.80 bits per heavy atom. The second kappa shape index (κ2) is 9.89. The van der Waals surface area contributed by atoms with Gasteiger partial charge in [0.2, 0.25) is 11.8 Å². The Labute approximate surface area is 185 Å². The highest BCUT2D eigenvalue weighted by molar-refractivity contribution is 9.10. The van der Waals surface area contributed by atoms with Crippen molar-refractivity contribution < 1.29 is 14.4 Å². The first-order valence-electron chi connectivity index (χ1n) is 10.1. The standard InChI is InChI=1S/C23H26BrN3O3/c1-3-4-11-27-14-17(13-21(27)28)23(30)25-18-7-5-16(6-8-18)22(29)26-19-9-10-20(24)15(2)12-19/h5-10,12,17H,3-4,11,13-14H2,1-2H3,(H,25,30)(H,26,29)/t17-/m0/s1. The first-order chi connectivity index (χ1) is 14.4. The molecule has 3 amide bonds. The first kappa shape index (κ1) is 22.0. The molecule has 0 aliphatic carbocycles. The summed E-state index contributed by atoms with van der Waals surface area (Å²) in [6, 6.07) is 12.4. The van der Waals surface area contributed by atoms with Crippen molar-refractivity contribution >= 4 is 45.0 Å². The molecule has 1 atom stereocenters. The molecule has 2 aromatic rings. The molecule has 1 aliphatic heterocycles. The summed E-state index contributed by atoms with van der Waals surface area (Å²) in [7, 11) is 0. The molecule has 0 spiro atoms. The zero-order valence-electron chi connectivity index (χ0n) is 17.2. The molecule has 1 fully saturated rings. The summed E-state index contributed by atoms with van der Waals surface area (Å²) in [5.41, 5.74) is 2.85. The summed E-state index contributed by atoms with van der Waals surface area (Å²) in [4.78, 5) is 38.8. The van der Waals surface area contributed by atoms with Crippen molar-refractivity contribution in [2.45, 2.75) is 33.1 Å². The van der Waals surface area contributed by atoms with Crippen LogP contribution in [0.1, 0.15) is 42.1 Å².